The van der Waals surface area contributed by atoms with Gasteiger partial charge in [-0.05, 0) is 63.2 Å². The molecule has 17 nitrogen and oxygen atoms in total. The molecule has 19 heteroatoms. The maximum absolute atomic E-state index is 13.0. The minimum absolute atomic E-state index is 0.100. The Kier molecular flexibility index (Phi) is 61.9. The summed E-state index contributed by atoms with van der Waals surface area (Å²) in [5, 5.41) is 10.6. The largest absolute Gasteiger partial charge is 0.472 e. The summed E-state index contributed by atoms with van der Waals surface area (Å²) in [6.45, 7) is 9.46. The second-order valence-corrected chi connectivity index (χ2v) is 28.9. The Balaban J connectivity index is 5.24. The van der Waals surface area contributed by atoms with Crippen LogP contribution in [0, 0.1) is 11.8 Å². The van der Waals surface area contributed by atoms with Crippen LogP contribution >= 0.6 is 15.6 Å². The van der Waals surface area contributed by atoms with Crippen LogP contribution in [0.15, 0.2) is 24.3 Å². The highest BCUT2D eigenvalue weighted by Gasteiger charge is 2.30. The monoisotopic (exact) mass is 1330 g/mol. The molecule has 0 amide bonds. The predicted octanol–water partition coefficient (Wildman–Crippen LogP) is 20.3. The first-order valence-electron chi connectivity index (χ1n) is 36.8. The SMILES string of the molecule is CCCCCC/C=C\C=C/CCCCCCCC(=O)OC[C@H](COP(=O)(O)OC[C@@H](O)COP(=O)(O)OC[C@@H](COC(=O)CCCCCCCCC)OC(=O)CCCCCCCCCCC(C)C)OC(=O)CCCCCCCCCCCCCCCCC(C)CC. The summed E-state index contributed by atoms with van der Waals surface area (Å²) in [7, 11) is -9.91. The Bertz CT molecular complexity index is 1860. The van der Waals surface area contributed by atoms with Gasteiger partial charge in [0.25, 0.3) is 0 Å². The van der Waals surface area contributed by atoms with Crippen molar-refractivity contribution in [2.75, 3.05) is 39.6 Å². The molecule has 0 aliphatic rings. The lowest BCUT2D eigenvalue weighted by Gasteiger charge is -2.21. The summed E-state index contributed by atoms with van der Waals surface area (Å²) in [4.78, 5) is 72.4. The summed E-state index contributed by atoms with van der Waals surface area (Å²) >= 11 is 0. The zero-order valence-corrected chi connectivity index (χ0v) is 60.4. The minimum atomic E-state index is -4.96. The van der Waals surface area contributed by atoms with E-state index in [1.54, 1.807) is 0 Å². The average Bonchev–Trinajstić information content (AvgIpc) is 3.67. The molecule has 3 N–H and O–H groups in total. The Morgan fingerprint density at radius 3 is 0.989 bits per heavy atom. The molecule has 0 heterocycles. The highest BCUT2D eigenvalue weighted by Crippen LogP contribution is 2.45. The van der Waals surface area contributed by atoms with Crippen molar-refractivity contribution < 1.29 is 80.2 Å². The molecule has 536 valence electrons. The molecule has 0 spiro atoms. The lowest BCUT2D eigenvalue weighted by atomic mass is 9.99. The van der Waals surface area contributed by atoms with Crippen LogP contribution in [0.1, 0.15) is 343 Å². The highest BCUT2D eigenvalue weighted by atomic mass is 31.2. The standard InChI is InChI=1S/C72H136O17P2/c1-7-10-12-14-16-17-18-19-20-24-27-30-37-43-49-55-70(75)83-61-68(88-71(76)56-50-44-38-31-28-25-22-21-23-26-29-36-41-47-53-65(6)9-3)63-87-91(80,81)85-59-66(73)58-84-90(78,79)86-62-67(60-82-69(74)54-48-42-34-15-13-11-8-2)89-72(77)57-51-45-39-33-32-35-40-46-52-64(4)5/h17-20,64-68,73H,7-16,21-63H2,1-6H3,(H,78,79)(H,80,81)/b18-17-,20-19-/t65?,66-,67+,68+/m0/s1. The maximum Gasteiger partial charge on any atom is 0.472 e. The van der Waals surface area contributed by atoms with Crippen molar-refractivity contribution in [3.8, 4) is 0 Å². The van der Waals surface area contributed by atoms with Gasteiger partial charge in [-0.25, -0.2) is 9.13 Å². The summed E-state index contributed by atoms with van der Waals surface area (Å²) in [5.74, 6) is -0.598. The zero-order valence-electron chi connectivity index (χ0n) is 58.6. The number of carbonyl (C=O) groups is 4. The van der Waals surface area contributed by atoms with E-state index in [1.165, 1.54) is 128 Å². The fourth-order valence-corrected chi connectivity index (χ4v) is 12.0. The fourth-order valence-electron chi connectivity index (χ4n) is 10.4. The highest BCUT2D eigenvalue weighted by molar-refractivity contribution is 7.47. The Morgan fingerprint density at radius 1 is 0.363 bits per heavy atom. The van der Waals surface area contributed by atoms with Crippen LogP contribution in [0.25, 0.3) is 0 Å². The van der Waals surface area contributed by atoms with E-state index in [-0.39, 0.29) is 25.7 Å². The van der Waals surface area contributed by atoms with Gasteiger partial charge in [-0.15, -0.1) is 0 Å². The van der Waals surface area contributed by atoms with Crippen molar-refractivity contribution in [1.82, 2.24) is 0 Å². The van der Waals surface area contributed by atoms with Gasteiger partial charge < -0.3 is 33.8 Å². The van der Waals surface area contributed by atoms with Gasteiger partial charge in [0.1, 0.15) is 19.3 Å². The smallest absolute Gasteiger partial charge is 0.462 e. The van der Waals surface area contributed by atoms with Crippen molar-refractivity contribution >= 4 is 39.5 Å². The van der Waals surface area contributed by atoms with Gasteiger partial charge in [0.05, 0.1) is 26.4 Å². The van der Waals surface area contributed by atoms with Gasteiger partial charge >= 0.3 is 39.5 Å². The molecular formula is C72H136O17P2. The van der Waals surface area contributed by atoms with E-state index in [2.05, 4.69) is 65.8 Å². The average molecular weight is 1340 g/mol. The van der Waals surface area contributed by atoms with E-state index in [0.717, 1.165) is 134 Å². The molecule has 91 heavy (non-hydrogen) atoms. The molecule has 0 aromatic carbocycles. The number of phosphoric acid groups is 2. The number of hydrogen-bond acceptors (Lipinski definition) is 15. The number of rotatable bonds is 69. The number of unbranched alkanes of at least 4 members (excludes halogenated alkanes) is 35. The van der Waals surface area contributed by atoms with Crippen LogP contribution in [0.3, 0.4) is 0 Å². The number of aliphatic hydroxyl groups is 1. The predicted molar refractivity (Wildman–Crippen MR) is 367 cm³/mol. The van der Waals surface area contributed by atoms with Crippen LogP contribution in [-0.2, 0) is 65.4 Å². The first-order chi connectivity index (χ1) is 43.9. The van der Waals surface area contributed by atoms with Crippen molar-refractivity contribution in [2.45, 2.75) is 362 Å². The topological polar surface area (TPSA) is 237 Å². The molecule has 0 aromatic heterocycles. The maximum atomic E-state index is 13.0. The first-order valence-corrected chi connectivity index (χ1v) is 39.8. The molecule has 0 aliphatic carbocycles. The van der Waals surface area contributed by atoms with E-state index in [0.29, 0.717) is 25.7 Å². The molecule has 0 radical (unpaired) electrons. The van der Waals surface area contributed by atoms with Crippen molar-refractivity contribution in [3.63, 3.8) is 0 Å². The second-order valence-electron chi connectivity index (χ2n) is 26.0. The second kappa shape index (κ2) is 63.6. The molecule has 0 saturated heterocycles. The quantitative estimate of drug-likeness (QED) is 0.0169. The van der Waals surface area contributed by atoms with Crippen LogP contribution in [-0.4, -0.2) is 96.7 Å². The molecule has 6 atom stereocenters. The lowest BCUT2D eigenvalue weighted by Crippen LogP contribution is -2.30. The molecule has 3 unspecified atom stereocenters. The number of ether oxygens (including phenoxy) is 4. The zero-order chi connectivity index (χ0) is 67.2. The Hall–Kier alpha value is -2.46. The van der Waals surface area contributed by atoms with E-state index in [1.807, 2.05) is 0 Å². The van der Waals surface area contributed by atoms with Crippen LogP contribution in [0.2, 0.25) is 0 Å². The first kappa shape index (κ1) is 88.5. The van der Waals surface area contributed by atoms with Crippen LogP contribution in [0.4, 0.5) is 0 Å². The number of phosphoric ester groups is 2. The third-order valence-corrected chi connectivity index (χ3v) is 18.3. The third-order valence-electron chi connectivity index (χ3n) is 16.4. The number of carbonyl (C=O) groups excluding carboxylic acids is 4. The third kappa shape index (κ3) is 64.6. The Morgan fingerprint density at radius 2 is 0.648 bits per heavy atom. The normalized spacial score (nSPS) is 14.6. The van der Waals surface area contributed by atoms with E-state index in [4.69, 9.17) is 37.0 Å². The van der Waals surface area contributed by atoms with E-state index in [9.17, 15) is 43.2 Å². The van der Waals surface area contributed by atoms with Gasteiger partial charge in [-0.3, -0.25) is 37.3 Å². The summed E-state index contributed by atoms with van der Waals surface area (Å²) in [6.07, 6.45) is 52.3. The van der Waals surface area contributed by atoms with Crippen molar-refractivity contribution in [2.24, 2.45) is 11.8 Å². The number of hydrogen-bond donors (Lipinski definition) is 3. The number of esters is 4. The van der Waals surface area contributed by atoms with E-state index >= 15 is 0 Å². The number of aliphatic hydroxyl groups excluding tert-OH is 1. The fraction of sp³-hybridized carbons (Fsp3) is 0.889. The Labute approximate surface area is 554 Å². The lowest BCUT2D eigenvalue weighted by molar-refractivity contribution is -0.161. The van der Waals surface area contributed by atoms with E-state index < -0.39 is 97.5 Å². The molecule has 0 aromatic rings. The number of allylic oxidation sites excluding steroid dienone is 4. The van der Waals surface area contributed by atoms with Gasteiger partial charge in [-0.1, -0.05) is 291 Å². The minimum Gasteiger partial charge on any atom is -0.462 e. The van der Waals surface area contributed by atoms with Crippen LogP contribution < -0.4 is 0 Å². The summed E-state index contributed by atoms with van der Waals surface area (Å²) in [5.41, 5.74) is 0. The molecule has 0 fully saturated rings. The van der Waals surface area contributed by atoms with Crippen molar-refractivity contribution in [1.29, 1.82) is 0 Å². The summed E-state index contributed by atoms with van der Waals surface area (Å²) < 4.78 is 68.2. The molecule has 0 saturated carbocycles. The van der Waals surface area contributed by atoms with Gasteiger partial charge in [0.2, 0.25) is 0 Å². The molecule has 0 aliphatic heterocycles. The van der Waals surface area contributed by atoms with Gasteiger partial charge in [0, 0.05) is 25.7 Å². The summed E-state index contributed by atoms with van der Waals surface area (Å²) in [6, 6.07) is 0. The molecular weight excluding hydrogens is 1200 g/mol. The van der Waals surface area contributed by atoms with Crippen LogP contribution in [0.5, 0.6) is 0 Å². The molecule has 0 rings (SSSR count). The van der Waals surface area contributed by atoms with Gasteiger partial charge in [-0.2, -0.15) is 0 Å². The van der Waals surface area contributed by atoms with Crippen molar-refractivity contribution in [3.05, 3.63) is 24.3 Å². The molecule has 0 bridgehead atoms. The van der Waals surface area contributed by atoms with Gasteiger partial charge in [0.15, 0.2) is 12.2 Å².